The Kier molecular flexibility index (Phi) is 4.93. The maximum absolute atomic E-state index is 6.09. The smallest absolute Gasteiger partial charge is 0.123 e. The molecule has 3 heteroatoms. The number of rotatable bonds is 5. The Balaban J connectivity index is 1.52. The van der Waals surface area contributed by atoms with Crippen LogP contribution in [0, 0.1) is 0 Å². The first-order valence-corrected chi connectivity index (χ1v) is 9.52. The Bertz CT molecular complexity index is 698. The minimum atomic E-state index is 0.519. The van der Waals surface area contributed by atoms with Gasteiger partial charge in [-0.15, -0.1) is 0 Å². The highest BCUT2D eigenvalue weighted by Crippen LogP contribution is 2.42. The molecule has 1 fully saturated rings. The van der Waals surface area contributed by atoms with Crippen LogP contribution in [0.3, 0.4) is 0 Å². The summed E-state index contributed by atoms with van der Waals surface area (Å²) in [5, 5.41) is 0. The summed E-state index contributed by atoms with van der Waals surface area (Å²) in [6, 6.07) is 17.2. The van der Waals surface area contributed by atoms with E-state index in [0.717, 1.165) is 18.1 Å². The van der Waals surface area contributed by atoms with E-state index in [-0.39, 0.29) is 0 Å². The molecule has 0 N–H and O–H groups in total. The van der Waals surface area contributed by atoms with Crippen molar-refractivity contribution in [1.29, 1.82) is 0 Å². The molecule has 0 bridgehead atoms. The SMILES string of the molecule is CCCN1CCC[C@H]2c3cc(OCc4ccccc4)ccc3OC[C@@H]21. The third kappa shape index (κ3) is 3.52. The van der Waals surface area contributed by atoms with Crippen LogP contribution in [0.4, 0.5) is 0 Å². The van der Waals surface area contributed by atoms with Crippen LogP contribution >= 0.6 is 0 Å². The molecule has 2 aliphatic rings. The normalized spacial score (nSPS) is 22.6. The minimum absolute atomic E-state index is 0.519. The Labute approximate surface area is 150 Å². The highest BCUT2D eigenvalue weighted by Gasteiger charge is 2.37. The van der Waals surface area contributed by atoms with Gasteiger partial charge in [-0.05, 0) is 56.1 Å². The summed E-state index contributed by atoms with van der Waals surface area (Å²) < 4.78 is 12.1. The number of hydrogen-bond donors (Lipinski definition) is 0. The summed E-state index contributed by atoms with van der Waals surface area (Å²) in [4.78, 5) is 2.62. The van der Waals surface area contributed by atoms with Gasteiger partial charge in [-0.3, -0.25) is 4.90 Å². The Morgan fingerprint density at radius 2 is 2.04 bits per heavy atom. The van der Waals surface area contributed by atoms with E-state index < -0.39 is 0 Å². The number of hydrogen-bond acceptors (Lipinski definition) is 3. The number of piperidine rings is 1. The zero-order chi connectivity index (χ0) is 17.1. The van der Waals surface area contributed by atoms with E-state index in [2.05, 4.69) is 36.1 Å². The molecule has 3 nitrogen and oxygen atoms in total. The van der Waals surface area contributed by atoms with Gasteiger partial charge in [0.1, 0.15) is 24.7 Å². The van der Waals surface area contributed by atoms with E-state index in [0.29, 0.717) is 18.6 Å². The summed E-state index contributed by atoms with van der Waals surface area (Å²) in [7, 11) is 0. The highest BCUT2D eigenvalue weighted by molar-refractivity contribution is 5.45. The molecule has 2 aliphatic heterocycles. The molecule has 0 saturated carbocycles. The second-order valence-corrected chi connectivity index (χ2v) is 7.14. The molecule has 2 atom stereocenters. The van der Waals surface area contributed by atoms with E-state index in [1.165, 1.54) is 43.5 Å². The van der Waals surface area contributed by atoms with Crippen LogP contribution in [0.2, 0.25) is 0 Å². The Morgan fingerprint density at radius 3 is 2.88 bits per heavy atom. The van der Waals surface area contributed by atoms with Gasteiger partial charge in [0.05, 0.1) is 6.04 Å². The standard InChI is InChI=1S/C22H27NO2/c1-2-12-23-13-6-9-19-20-14-18(10-11-22(20)25-16-21(19)23)24-15-17-7-4-3-5-8-17/h3-5,7-8,10-11,14,19,21H,2,6,9,12-13,15-16H2,1H3/t19-,21-/m0/s1. The third-order valence-corrected chi connectivity index (χ3v) is 5.44. The van der Waals surface area contributed by atoms with Gasteiger partial charge >= 0.3 is 0 Å². The lowest BCUT2D eigenvalue weighted by Crippen LogP contribution is -2.49. The second-order valence-electron chi connectivity index (χ2n) is 7.14. The van der Waals surface area contributed by atoms with Crippen molar-refractivity contribution in [1.82, 2.24) is 4.90 Å². The van der Waals surface area contributed by atoms with Gasteiger partial charge in [0.25, 0.3) is 0 Å². The van der Waals surface area contributed by atoms with Crippen LogP contribution in [0.15, 0.2) is 48.5 Å². The van der Waals surface area contributed by atoms with Gasteiger partial charge in [0, 0.05) is 11.5 Å². The summed E-state index contributed by atoms with van der Waals surface area (Å²) >= 11 is 0. The summed E-state index contributed by atoms with van der Waals surface area (Å²) in [6.07, 6.45) is 3.73. The van der Waals surface area contributed by atoms with Gasteiger partial charge < -0.3 is 9.47 Å². The van der Waals surface area contributed by atoms with Crippen molar-refractivity contribution in [3.8, 4) is 11.5 Å². The van der Waals surface area contributed by atoms with Gasteiger partial charge in [-0.2, -0.15) is 0 Å². The van der Waals surface area contributed by atoms with Crippen LogP contribution < -0.4 is 9.47 Å². The average Bonchev–Trinajstić information content (AvgIpc) is 2.67. The topological polar surface area (TPSA) is 21.7 Å². The van der Waals surface area contributed by atoms with Crippen LogP contribution in [-0.4, -0.2) is 30.6 Å². The van der Waals surface area contributed by atoms with E-state index >= 15 is 0 Å². The maximum Gasteiger partial charge on any atom is 0.123 e. The van der Waals surface area contributed by atoms with Gasteiger partial charge in [-0.1, -0.05) is 37.3 Å². The van der Waals surface area contributed by atoms with E-state index in [1.54, 1.807) is 0 Å². The molecule has 0 spiro atoms. The Hall–Kier alpha value is -2.00. The van der Waals surface area contributed by atoms with Crippen molar-refractivity contribution >= 4 is 0 Å². The number of ether oxygens (including phenoxy) is 2. The lowest BCUT2D eigenvalue weighted by atomic mass is 9.81. The lowest BCUT2D eigenvalue weighted by Gasteiger charge is -2.44. The van der Waals surface area contributed by atoms with E-state index in [9.17, 15) is 0 Å². The van der Waals surface area contributed by atoms with Crippen LogP contribution in [-0.2, 0) is 6.61 Å². The van der Waals surface area contributed by atoms with Crippen molar-refractivity contribution in [3.63, 3.8) is 0 Å². The second kappa shape index (κ2) is 7.49. The van der Waals surface area contributed by atoms with E-state index in [1.807, 2.05) is 24.3 Å². The number of nitrogens with zero attached hydrogens (tertiary/aromatic N) is 1. The molecule has 0 radical (unpaired) electrons. The first-order valence-electron chi connectivity index (χ1n) is 9.52. The lowest BCUT2D eigenvalue weighted by molar-refractivity contribution is 0.0657. The molecule has 1 saturated heterocycles. The van der Waals surface area contributed by atoms with Gasteiger partial charge in [0.15, 0.2) is 0 Å². The summed E-state index contributed by atoms with van der Waals surface area (Å²) in [6.45, 7) is 6.07. The van der Waals surface area contributed by atoms with Crippen LogP contribution in [0.5, 0.6) is 11.5 Å². The Morgan fingerprint density at radius 1 is 1.16 bits per heavy atom. The van der Waals surface area contributed by atoms with Crippen molar-refractivity contribution in [2.75, 3.05) is 19.7 Å². The molecule has 2 aromatic rings. The predicted octanol–water partition coefficient (Wildman–Crippen LogP) is 4.62. The maximum atomic E-state index is 6.09. The van der Waals surface area contributed by atoms with Crippen molar-refractivity contribution in [3.05, 3.63) is 59.7 Å². The monoisotopic (exact) mass is 337 g/mol. The highest BCUT2D eigenvalue weighted by atomic mass is 16.5. The quantitative estimate of drug-likeness (QED) is 0.795. The molecule has 0 amide bonds. The summed E-state index contributed by atoms with van der Waals surface area (Å²) in [5.74, 6) is 2.57. The van der Waals surface area contributed by atoms with Crippen LogP contribution in [0.1, 0.15) is 43.2 Å². The van der Waals surface area contributed by atoms with Crippen LogP contribution in [0.25, 0.3) is 0 Å². The molecular formula is C22H27NO2. The molecule has 2 aromatic carbocycles. The fraction of sp³-hybridized carbons (Fsp3) is 0.455. The molecule has 132 valence electrons. The molecule has 0 aromatic heterocycles. The number of benzene rings is 2. The van der Waals surface area contributed by atoms with Gasteiger partial charge in [0.2, 0.25) is 0 Å². The molecule has 25 heavy (non-hydrogen) atoms. The molecule has 0 unspecified atom stereocenters. The predicted molar refractivity (Wildman–Crippen MR) is 100 cm³/mol. The van der Waals surface area contributed by atoms with E-state index in [4.69, 9.17) is 9.47 Å². The number of fused-ring (bicyclic) bond motifs is 3. The zero-order valence-electron chi connectivity index (χ0n) is 15.0. The van der Waals surface area contributed by atoms with Crippen molar-refractivity contribution in [2.24, 2.45) is 0 Å². The fourth-order valence-electron chi connectivity index (χ4n) is 4.23. The largest absolute Gasteiger partial charge is 0.492 e. The third-order valence-electron chi connectivity index (χ3n) is 5.44. The number of likely N-dealkylation sites (tertiary alicyclic amines) is 1. The van der Waals surface area contributed by atoms with Crippen molar-refractivity contribution in [2.45, 2.75) is 44.8 Å². The molecular weight excluding hydrogens is 310 g/mol. The molecule has 2 heterocycles. The average molecular weight is 337 g/mol. The summed E-state index contributed by atoms with van der Waals surface area (Å²) in [5.41, 5.74) is 2.53. The molecule has 0 aliphatic carbocycles. The molecule has 4 rings (SSSR count). The van der Waals surface area contributed by atoms with Gasteiger partial charge in [-0.25, -0.2) is 0 Å². The first-order chi connectivity index (χ1) is 12.3. The van der Waals surface area contributed by atoms with Crippen molar-refractivity contribution < 1.29 is 9.47 Å². The first kappa shape index (κ1) is 16.5. The fourth-order valence-corrected chi connectivity index (χ4v) is 4.23. The zero-order valence-corrected chi connectivity index (χ0v) is 15.0. The minimum Gasteiger partial charge on any atom is -0.492 e.